The molecule has 0 spiro atoms. The third-order valence-corrected chi connectivity index (χ3v) is 19.4. The maximum absolute atomic E-state index is 15.7. The highest BCUT2D eigenvalue weighted by molar-refractivity contribution is 7.92. The zero-order chi connectivity index (χ0) is 32.9. The van der Waals surface area contributed by atoms with Crippen LogP contribution in [0.25, 0.3) is 11.2 Å². The van der Waals surface area contributed by atoms with Gasteiger partial charge < -0.3 is 18.3 Å². The van der Waals surface area contributed by atoms with Crippen LogP contribution in [0.1, 0.15) is 54.2 Å². The van der Waals surface area contributed by atoms with Crippen LogP contribution in [0.4, 0.5) is 10.3 Å². The van der Waals surface area contributed by atoms with Crippen LogP contribution in [0.15, 0.2) is 35.2 Å². The molecule has 1 N–H and O–H groups in total. The van der Waals surface area contributed by atoms with Gasteiger partial charge in [-0.1, -0.05) is 59.7 Å². The van der Waals surface area contributed by atoms with Crippen molar-refractivity contribution in [3.63, 3.8) is 0 Å². The number of sulfonamides is 1. The standard InChI is InChI=1S/C29H46FN5O6SSi2/c1-28(2,3)43(8,9)39-18-21-20(41-44(10,11)29(4,5)6)17-22(40-21)35-24-23(31-26(35)30)25(38-7)33-27(32-24)34-42(36,37)19-15-13-12-14-16-19/h12-16,20-22H,17-18H2,1-11H3,(H,32,33,34)/t20-,21+,22+/m0/s1. The Morgan fingerprint density at radius 3 is 2.18 bits per heavy atom. The van der Waals surface area contributed by atoms with Gasteiger partial charge >= 0.3 is 0 Å². The van der Waals surface area contributed by atoms with E-state index in [0.29, 0.717) is 13.0 Å². The molecule has 0 aliphatic carbocycles. The van der Waals surface area contributed by atoms with E-state index in [1.54, 1.807) is 18.2 Å². The first-order valence-electron chi connectivity index (χ1n) is 14.7. The maximum Gasteiger partial charge on any atom is 0.293 e. The molecule has 44 heavy (non-hydrogen) atoms. The third kappa shape index (κ3) is 7.02. The topological polar surface area (TPSA) is 127 Å². The van der Waals surface area contributed by atoms with Crippen molar-refractivity contribution in [3.05, 3.63) is 36.4 Å². The minimum atomic E-state index is -4.03. The molecule has 1 aliphatic heterocycles. The molecule has 3 aromatic rings. The van der Waals surface area contributed by atoms with Crippen LogP contribution in [0.2, 0.25) is 36.3 Å². The maximum atomic E-state index is 15.7. The smallest absolute Gasteiger partial charge is 0.293 e. The van der Waals surface area contributed by atoms with Crippen LogP contribution in [0, 0.1) is 6.08 Å². The summed E-state index contributed by atoms with van der Waals surface area (Å²) in [5.41, 5.74) is 0.0706. The molecule has 4 rings (SSSR count). The monoisotopic (exact) mass is 667 g/mol. The molecule has 2 aromatic heterocycles. The molecule has 1 fully saturated rings. The predicted molar refractivity (Wildman–Crippen MR) is 173 cm³/mol. The Hall–Kier alpha value is -2.44. The molecule has 3 heterocycles. The summed E-state index contributed by atoms with van der Waals surface area (Å²) in [5.74, 6) is -0.368. The number of imidazole rings is 1. The fourth-order valence-corrected chi connectivity index (χ4v) is 7.68. The Labute approximate surface area is 262 Å². The number of benzene rings is 1. The second-order valence-corrected chi connectivity index (χ2v) is 25.5. The average molecular weight is 668 g/mol. The molecule has 1 aliphatic rings. The second-order valence-electron chi connectivity index (χ2n) is 14.3. The molecule has 1 aromatic carbocycles. The Balaban J connectivity index is 1.73. The molecule has 0 unspecified atom stereocenters. The number of nitrogens with zero attached hydrogens (tertiary/aromatic N) is 4. The molecular weight excluding hydrogens is 622 g/mol. The average Bonchev–Trinajstić information content (AvgIpc) is 3.44. The summed E-state index contributed by atoms with van der Waals surface area (Å²) in [7, 11) is -7.07. The van der Waals surface area contributed by atoms with Crippen molar-refractivity contribution in [2.75, 3.05) is 18.4 Å². The zero-order valence-corrected chi connectivity index (χ0v) is 30.4. The van der Waals surface area contributed by atoms with Crippen LogP contribution in [0.5, 0.6) is 5.88 Å². The van der Waals surface area contributed by atoms with Gasteiger partial charge in [-0.15, -0.1) is 0 Å². The number of hydrogen-bond acceptors (Lipinski definition) is 9. The number of rotatable bonds is 10. The highest BCUT2D eigenvalue weighted by atomic mass is 32.2. The van der Waals surface area contributed by atoms with E-state index in [1.165, 1.54) is 23.8 Å². The van der Waals surface area contributed by atoms with Gasteiger partial charge in [-0.25, -0.2) is 13.1 Å². The van der Waals surface area contributed by atoms with Gasteiger partial charge in [0.05, 0.1) is 24.7 Å². The normalized spacial score (nSPS) is 20.3. The van der Waals surface area contributed by atoms with Crippen molar-refractivity contribution in [1.82, 2.24) is 19.5 Å². The van der Waals surface area contributed by atoms with Crippen LogP contribution >= 0.6 is 0 Å². The summed E-state index contributed by atoms with van der Waals surface area (Å²) in [6.07, 6.45) is -2.24. The minimum absolute atomic E-state index is 0.00951. The highest BCUT2D eigenvalue weighted by Gasteiger charge is 2.47. The van der Waals surface area contributed by atoms with Gasteiger partial charge in [0.25, 0.3) is 16.1 Å². The molecule has 244 valence electrons. The lowest BCUT2D eigenvalue weighted by molar-refractivity contribution is -0.0418. The Bertz CT molecular complexity index is 1590. The summed E-state index contributed by atoms with van der Waals surface area (Å²) >= 11 is 0. The lowest BCUT2D eigenvalue weighted by atomic mass is 10.2. The first-order chi connectivity index (χ1) is 20.2. The van der Waals surface area contributed by atoms with E-state index < -0.39 is 45.1 Å². The van der Waals surface area contributed by atoms with Crippen molar-refractivity contribution < 1.29 is 31.1 Å². The van der Waals surface area contributed by atoms with Gasteiger partial charge in [0.2, 0.25) is 11.8 Å². The van der Waals surface area contributed by atoms with Crippen molar-refractivity contribution >= 4 is 43.8 Å². The Morgan fingerprint density at radius 1 is 1.00 bits per heavy atom. The summed E-state index contributed by atoms with van der Waals surface area (Å²) in [6, 6.07) is 7.81. The molecule has 0 amide bonds. The number of ether oxygens (including phenoxy) is 2. The molecule has 0 bridgehead atoms. The van der Waals surface area contributed by atoms with Crippen molar-refractivity contribution in [1.29, 1.82) is 0 Å². The van der Waals surface area contributed by atoms with Crippen LogP contribution < -0.4 is 9.46 Å². The molecule has 1 saturated heterocycles. The lowest BCUT2D eigenvalue weighted by Crippen LogP contribution is -2.48. The van der Waals surface area contributed by atoms with E-state index >= 15 is 4.39 Å². The van der Waals surface area contributed by atoms with E-state index in [-0.39, 0.29) is 44.1 Å². The van der Waals surface area contributed by atoms with Crippen molar-refractivity contribution in [2.45, 2.75) is 108 Å². The molecular formula is C29H46FN5O6SSi2. The first-order valence-corrected chi connectivity index (χ1v) is 22.0. The number of nitrogens with one attached hydrogen (secondary N) is 1. The van der Waals surface area contributed by atoms with Gasteiger partial charge in [0.1, 0.15) is 12.3 Å². The van der Waals surface area contributed by atoms with Gasteiger partial charge in [0, 0.05) is 6.42 Å². The largest absolute Gasteiger partial charge is 0.479 e. The van der Waals surface area contributed by atoms with Gasteiger partial charge in [-0.2, -0.15) is 19.3 Å². The zero-order valence-electron chi connectivity index (χ0n) is 27.6. The third-order valence-electron chi connectivity index (χ3n) is 9.07. The van der Waals surface area contributed by atoms with Crippen molar-refractivity contribution in [3.8, 4) is 5.88 Å². The van der Waals surface area contributed by atoms with Gasteiger partial charge in [-0.3, -0.25) is 4.57 Å². The van der Waals surface area contributed by atoms with Gasteiger partial charge in [0.15, 0.2) is 27.8 Å². The van der Waals surface area contributed by atoms with E-state index in [4.69, 9.17) is 18.3 Å². The van der Waals surface area contributed by atoms with E-state index in [0.717, 1.165) is 0 Å². The predicted octanol–water partition coefficient (Wildman–Crippen LogP) is 6.47. The first kappa shape index (κ1) is 34.4. The lowest BCUT2D eigenvalue weighted by Gasteiger charge is -2.40. The molecule has 0 radical (unpaired) electrons. The van der Waals surface area contributed by atoms with E-state index in [2.05, 4.69) is 87.4 Å². The number of hydrogen-bond donors (Lipinski definition) is 1. The van der Waals surface area contributed by atoms with Crippen molar-refractivity contribution in [2.24, 2.45) is 0 Å². The Kier molecular flexibility index (Phi) is 9.44. The summed E-state index contributed by atoms with van der Waals surface area (Å²) in [6.45, 7) is 22.0. The second kappa shape index (κ2) is 12.1. The number of methoxy groups -OCH3 is 1. The Morgan fingerprint density at radius 2 is 1.61 bits per heavy atom. The van der Waals surface area contributed by atoms with E-state index in [9.17, 15) is 8.42 Å². The fraction of sp³-hybridized carbons (Fsp3) is 0.621. The fourth-order valence-electron chi connectivity index (χ4n) is 4.34. The highest BCUT2D eigenvalue weighted by Crippen LogP contribution is 2.43. The number of aromatic nitrogens is 4. The van der Waals surface area contributed by atoms with Crippen LogP contribution in [0.3, 0.4) is 0 Å². The number of fused-ring (bicyclic) bond motifs is 1. The van der Waals surface area contributed by atoms with E-state index in [1.807, 2.05) is 0 Å². The SMILES string of the molecule is COc1nc(NS(=O)(=O)c2ccccc2)nc2c1nc(F)n2[C@H]1C[C@H](O[Si](C)(C)C(C)(C)C)[C@@H](CO[Si](C)(C)C(C)(C)C)O1. The summed E-state index contributed by atoms with van der Waals surface area (Å²) in [5, 5.41) is -0.0707. The minimum Gasteiger partial charge on any atom is -0.479 e. The molecule has 15 heteroatoms. The number of anilines is 1. The summed E-state index contributed by atoms with van der Waals surface area (Å²) < 4.78 is 70.6. The number of halogens is 1. The van der Waals surface area contributed by atoms with Crippen LogP contribution in [-0.2, 0) is 23.6 Å². The van der Waals surface area contributed by atoms with Gasteiger partial charge in [-0.05, 0) is 48.4 Å². The molecule has 11 nitrogen and oxygen atoms in total. The van der Waals surface area contributed by atoms with Crippen LogP contribution in [-0.4, -0.2) is 70.5 Å². The quantitative estimate of drug-likeness (QED) is 0.191. The molecule has 0 saturated carbocycles. The summed E-state index contributed by atoms with van der Waals surface area (Å²) in [4.78, 5) is 12.6. The molecule has 3 atom stereocenters.